The highest BCUT2D eigenvalue weighted by atomic mass is 16.5. The number of fused-ring (bicyclic) bond motifs is 1. The number of aliphatic imine (C=N–C) groups is 1. The van der Waals surface area contributed by atoms with Crippen molar-refractivity contribution < 1.29 is 19.1 Å². The summed E-state index contributed by atoms with van der Waals surface area (Å²) >= 11 is 0. The van der Waals surface area contributed by atoms with Crippen LogP contribution in [0.1, 0.15) is 63.9 Å². The Bertz CT molecular complexity index is 1350. The molecular formula is C32H39N3O4. The Hall–Kier alpha value is -3.71. The van der Waals surface area contributed by atoms with E-state index in [-0.39, 0.29) is 11.7 Å². The molecule has 0 aromatic heterocycles. The molecule has 3 N–H and O–H groups in total. The quantitative estimate of drug-likeness (QED) is 0.145. The number of hydrogen-bond donors (Lipinski definition) is 2. The summed E-state index contributed by atoms with van der Waals surface area (Å²) in [6.07, 6.45) is 6.64. The highest BCUT2D eigenvalue weighted by Gasteiger charge is 2.24. The molecule has 1 aliphatic carbocycles. The SMILES string of the molecule is COCCNC(=O)c1ccc(N)c(C=NCC2CCCC(CC(=O)c3ccc4cc(OC)ccc4c3)C2)c1C. The van der Waals surface area contributed by atoms with Crippen molar-refractivity contribution in [2.45, 2.75) is 39.0 Å². The van der Waals surface area contributed by atoms with Crippen molar-refractivity contribution in [3.05, 3.63) is 70.8 Å². The Morgan fingerprint density at radius 2 is 1.82 bits per heavy atom. The van der Waals surface area contributed by atoms with Gasteiger partial charge in [-0.25, -0.2) is 0 Å². The number of hydrogen-bond acceptors (Lipinski definition) is 6. The lowest BCUT2D eigenvalue weighted by molar-refractivity contribution is 0.0930. The van der Waals surface area contributed by atoms with Crippen LogP contribution in [-0.2, 0) is 4.74 Å². The van der Waals surface area contributed by atoms with Gasteiger partial charge in [0.05, 0.1) is 13.7 Å². The summed E-state index contributed by atoms with van der Waals surface area (Å²) in [4.78, 5) is 30.4. The van der Waals surface area contributed by atoms with Gasteiger partial charge in [-0.05, 0) is 84.7 Å². The molecule has 206 valence electrons. The Kier molecular flexibility index (Phi) is 9.71. The molecule has 7 nitrogen and oxygen atoms in total. The summed E-state index contributed by atoms with van der Waals surface area (Å²) in [5.74, 6) is 1.66. The summed E-state index contributed by atoms with van der Waals surface area (Å²) in [5, 5.41) is 4.97. The zero-order valence-corrected chi connectivity index (χ0v) is 23.2. The number of nitrogens with one attached hydrogen (secondary N) is 1. The molecule has 1 saturated carbocycles. The molecule has 39 heavy (non-hydrogen) atoms. The van der Waals surface area contributed by atoms with Crippen LogP contribution < -0.4 is 15.8 Å². The highest BCUT2D eigenvalue weighted by molar-refractivity contribution is 6.01. The van der Waals surface area contributed by atoms with Crippen molar-refractivity contribution in [1.82, 2.24) is 5.32 Å². The van der Waals surface area contributed by atoms with Crippen LogP contribution >= 0.6 is 0 Å². The maximum atomic E-state index is 13.1. The summed E-state index contributed by atoms with van der Waals surface area (Å²) in [7, 11) is 3.26. The molecule has 0 saturated heterocycles. The number of methoxy groups -OCH3 is 2. The van der Waals surface area contributed by atoms with E-state index in [4.69, 9.17) is 20.2 Å². The minimum atomic E-state index is -0.148. The number of rotatable bonds is 11. The van der Waals surface area contributed by atoms with Gasteiger partial charge in [0.1, 0.15) is 5.75 Å². The fraction of sp³-hybridized carbons (Fsp3) is 0.406. The number of ketones is 1. The van der Waals surface area contributed by atoms with Gasteiger partial charge in [0.25, 0.3) is 5.91 Å². The van der Waals surface area contributed by atoms with E-state index in [1.54, 1.807) is 32.6 Å². The predicted octanol–water partition coefficient (Wildman–Crippen LogP) is 5.61. The van der Waals surface area contributed by atoms with Gasteiger partial charge < -0.3 is 20.5 Å². The van der Waals surface area contributed by atoms with Crippen LogP contribution in [0.5, 0.6) is 5.75 Å². The summed E-state index contributed by atoms with van der Waals surface area (Å²) in [6.45, 7) is 3.49. The second-order valence-electron chi connectivity index (χ2n) is 10.4. The summed E-state index contributed by atoms with van der Waals surface area (Å²) in [5.41, 5.74) is 9.78. The first-order chi connectivity index (χ1) is 18.9. The topological polar surface area (TPSA) is 103 Å². The second kappa shape index (κ2) is 13.4. The summed E-state index contributed by atoms with van der Waals surface area (Å²) in [6, 6.07) is 15.3. The minimum absolute atomic E-state index is 0.148. The van der Waals surface area contributed by atoms with E-state index in [1.807, 2.05) is 43.3 Å². The van der Waals surface area contributed by atoms with Crippen molar-refractivity contribution in [3.8, 4) is 5.75 Å². The van der Waals surface area contributed by atoms with E-state index in [9.17, 15) is 9.59 Å². The zero-order valence-electron chi connectivity index (χ0n) is 23.2. The standard InChI is InChI=1S/C32H39N3O4/c1-21-28(32(37)35-13-14-38-2)11-12-30(33)29(21)20-34-19-23-6-4-5-22(15-23)16-31(36)26-8-7-25-18-27(39-3)10-9-24(25)17-26/h7-12,17-18,20,22-23H,4-6,13-16,19,33H2,1-3H3,(H,35,37). The monoisotopic (exact) mass is 529 g/mol. The number of ether oxygens (including phenoxy) is 2. The average Bonchev–Trinajstić information content (AvgIpc) is 2.94. The lowest BCUT2D eigenvalue weighted by Crippen LogP contribution is -2.27. The largest absolute Gasteiger partial charge is 0.497 e. The zero-order chi connectivity index (χ0) is 27.8. The molecule has 0 aliphatic heterocycles. The number of anilines is 1. The van der Waals surface area contributed by atoms with Crippen molar-refractivity contribution in [2.75, 3.05) is 39.6 Å². The van der Waals surface area contributed by atoms with Gasteiger partial charge in [0, 0.05) is 55.2 Å². The third kappa shape index (κ3) is 7.24. The highest BCUT2D eigenvalue weighted by Crippen LogP contribution is 2.33. The molecule has 1 aliphatic rings. The molecule has 4 rings (SSSR count). The van der Waals surface area contributed by atoms with Crippen LogP contribution in [0.2, 0.25) is 0 Å². The first-order valence-electron chi connectivity index (χ1n) is 13.7. The second-order valence-corrected chi connectivity index (χ2v) is 10.4. The van der Waals surface area contributed by atoms with Gasteiger partial charge in [-0.2, -0.15) is 0 Å². The Balaban J connectivity index is 1.35. The van der Waals surface area contributed by atoms with Crippen LogP contribution in [0.25, 0.3) is 10.8 Å². The van der Waals surface area contributed by atoms with E-state index >= 15 is 0 Å². The molecule has 3 aromatic carbocycles. The molecule has 0 spiro atoms. The van der Waals surface area contributed by atoms with Crippen LogP contribution in [0, 0.1) is 18.8 Å². The van der Waals surface area contributed by atoms with E-state index in [1.165, 1.54) is 0 Å². The Labute approximate surface area is 230 Å². The fourth-order valence-electron chi connectivity index (χ4n) is 5.48. The normalized spacial score (nSPS) is 17.4. The van der Waals surface area contributed by atoms with E-state index in [2.05, 4.69) is 5.32 Å². The molecule has 1 fully saturated rings. The Morgan fingerprint density at radius 1 is 1.05 bits per heavy atom. The van der Waals surface area contributed by atoms with Crippen molar-refractivity contribution in [2.24, 2.45) is 16.8 Å². The van der Waals surface area contributed by atoms with Crippen LogP contribution in [0.15, 0.2) is 53.5 Å². The number of carbonyl (C=O) groups is 2. The molecule has 0 bridgehead atoms. The van der Waals surface area contributed by atoms with E-state index in [0.29, 0.717) is 49.2 Å². The molecule has 0 radical (unpaired) electrons. The molecule has 0 heterocycles. The third-order valence-corrected chi connectivity index (χ3v) is 7.70. The van der Waals surface area contributed by atoms with Crippen LogP contribution in [-0.4, -0.2) is 51.8 Å². The number of nitrogens with zero attached hydrogens (tertiary/aromatic N) is 1. The minimum Gasteiger partial charge on any atom is -0.497 e. The van der Waals surface area contributed by atoms with Gasteiger partial charge in [-0.3, -0.25) is 14.6 Å². The third-order valence-electron chi connectivity index (χ3n) is 7.70. The number of nitrogen functional groups attached to an aromatic ring is 1. The van der Waals surface area contributed by atoms with Gasteiger partial charge >= 0.3 is 0 Å². The first-order valence-corrected chi connectivity index (χ1v) is 13.7. The number of benzene rings is 3. The average molecular weight is 530 g/mol. The number of Topliss-reactive ketones (excluding diaryl/α,β-unsaturated/α-hetero) is 1. The van der Waals surface area contributed by atoms with Crippen molar-refractivity contribution in [1.29, 1.82) is 0 Å². The first kappa shape index (κ1) is 28.3. The van der Waals surface area contributed by atoms with Crippen molar-refractivity contribution >= 4 is 34.4 Å². The van der Waals surface area contributed by atoms with Crippen LogP contribution in [0.3, 0.4) is 0 Å². The number of amides is 1. The van der Waals surface area contributed by atoms with Gasteiger partial charge in [-0.1, -0.05) is 24.6 Å². The molecular weight excluding hydrogens is 490 g/mol. The Morgan fingerprint density at radius 3 is 2.62 bits per heavy atom. The van der Waals surface area contributed by atoms with Crippen molar-refractivity contribution in [3.63, 3.8) is 0 Å². The van der Waals surface area contributed by atoms with Gasteiger partial charge in [-0.15, -0.1) is 0 Å². The van der Waals surface area contributed by atoms with Crippen LogP contribution in [0.4, 0.5) is 5.69 Å². The molecule has 1 amide bonds. The van der Waals surface area contributed by atoms with E-state index in [0.717, 1.165) is 58.9 Å². The molecule has 7 heteroatoms. The summed E-state index contributed by atoms with van der Waals surface area (Å²) < 4.78 is 10.3. The molecule has 3 aromatic rings. The van der Waals surface area contributed by atoms with Gasteiger partial charge in [0.2, 0.25) is 0 Å². The van der Waals surface area contributed by atoms with E-state index < -0.39 is 0 Å². The maximum Gasteiger partial charge on any atom is 0.251 e. The molecule has 2 unspecified atom stereocenters. The lowest BCUT2D eigenvalue weighted by Gasteiger charge is -2.27. The smallest absolute Gasteiger partial charge is 0.251 e. The van der Waals surface area contributed by atoms with Gasteiger partial charge in [0.15, 0.2) is 5.78 Å². The lowest BCUT2D eigenvalue weighted by atomic mass is 9.78. The fourth-order valence-corrected chi connectivity index (χ4v) is 5.48. The maximum absolute atomic E-state index is 13.1. The number of carbonyl (C=O) groups excluding carboxylic acids is 2. The number of nitrogens with two attached hydrogens (primary N) is 1. The molecule has 2 atom stereocenters. The predicted molar refractivity (Wildman–Crippen MR) is 157 cm³/mol.